The molecular weight excluding hydrogens is 356 g/mol. The van der Waals surface area contributed by atoms with Crippen LogP contribution in [0, 0.1) is 0 Å². The highest BCUT2D eigenvalue weighted by atomic mass is 35.5. The lowest BCUT2D eigenvalue weighted by atomic mass is 10.2. The molecule has 0 fully saturated rings. The molecule has 0 saturated carbocycles. The number of hydrogen-bond donors (Lipinski definition) is 2. The molecule has 0 aliphatic heterocycles. The molecule has 0 aliphatic rings. The Morgan fingerprint density at radius 1 is 1.19 bits per heavy atom. The molecule has 0 bridgehead atoms. The number of aromatic amines is 1. The van der Waals surface area contributed by atoms with Gasteiger partial charge >= 0.3 is 5.97 Å². The maximum atomic E-state index is 12.4. The lowest BCUT2D eigenvalue weighted by Crippen LogP contribution is -2.29. The molecule has 0 aliphatic carbocycles. The molecule has 1 aromatic heterocycles. The third-order valence-electron chi connectivity index (χ3n) is 3.88. The van der Waals surface area contributed by atoms with E-state index in [-0.39, 0.29) is 0 Å². The van der Waals surface area contributed by atoms with Crippen LogP contribution in [0.5, 0.6) is 5.75 Å². The third-order valence-corrected chi connectivity index (χ3v) is 4.18. The number of benzene rings is 2. The Bertz CT molecular complexity index is 967. The first-order valence-corrected chi connectivity index (χ1v) is 8.29. The second-order valence-corrected chi connectivity index (χ2v) is 6.04. The van der Waals surface area contributed by atoms with Gasteiger partial charge in [-0.15, -0.1) is 0 Å². The molecule has 2 N–H and O–H groups in total. The number of aromatic nitrogens is 1. The number of esters is 1. The van der Waals surface area contributed by atoms with Gasteiger partial charge in [0, 0.05) is 22.8 Å². The van der Waals surface area contributed by atoms with E-state index in [9.17, 15) is 9.59 Å². The van der Waals surface area contributed by atoms with Gasteiger partial charge in [-0.25, -0.2) is 4.79 Å². The van der Waals surface area contributed by atoms with Crippen molar-refractivity contribution in [1.82, 2.24) is 4.98 Å². The fraction of sp³-hybridized carbons (Fsp3) is 0.158. The topological polar surface area (TPSA) is 80.4 Å². The summed E-state index contributed by atoms with van der Waals surface area (Å²) in [7, 11) is 1.51. The van der Waals surface area contributed by atoms with Crippen molar-refractivity contribution in [3.05, 3.63) is 59.2 Å². The molecular formula is C19H17ClN2O4. The average Bonchev–Trinajstić information content (AvgIpc) is 3.06. The largest absolute Gasteiger partial charge is 0.495 e. The molecule has 0 spiro atoms. The molecule has 26 heavy (non-hydrogen) atoms. The molecule has 1 heterocycles. The summed E-state index contributed by atoms with van der Waals surface area (Å²) in [6.45, 7) is 1.51. The van der Waals surface area contributed by atoms with Gasteiger partial charge in [-0.05, 0) is 31.2 Å². The summed E-state index contributed by atoms with van der Waals surface area (Å²) in [6, 6.07) is 12.2. The number of carbonyl (C=O) groups excluding carboxylic acids is 2. The molecule has 3 rings (SSSR count). The minimum absolute atomic E-state index is 0.369. The number of fused-ring (bicyclic) bond motifs is 1. The summed E-state index contributed by atoms with van der Waals surface area (Å²) in [4.78, 5) is 27.6. The normalized spacial score (nSPS) is 11.8. The Kier molecular flexibility index (Phi) is 5.14. The minimum atomic E-state index is -0.975. The summed E-state index contributed by atoms with van der Waals surface area (Å²) >= 11 is 6.03. The Morgan fingerprint density at radius 3 is 2.69 bits per heavy atom. The van der Waals surface area contributed by atoms with Crippen molar-refractivity contribution >= 4 is 40.1 Å². The van der Waals surface area contributed by atoms with Crippen molar-refractivity contribution in [2.75, 3.05) is 12.4 Å². The van der Waals surface area contributed by atoms with Crippen molar-refractivity contribution in [2.24, 2.45) is 0 Å². The number of anilines is 1. The second-order valence-electron chi connectivity index (χ2n) is 5.63. The summed E-state index contributed by atoms with van der Waals surface area (Å²) in [5.74, 6) is -0.527. The standard InChI is InChI=1S/C19H17ClN2O4/c1-11(18(23)22-12-7-8-17(25-2)15(20)9-12)26-19(24)14-10-21-16-6-4-3-5-13(14)16/h3-11,21H,1-2H3,(H,22,23)/t11-/m0/s1. The lowest BCUT2D eigenvalue weighted by Gasteiger charge is -2.14. The number of ether oxygens (including phenoxy) is 2. The number of carbonyl (C=O) groups is 2. The molecule has 6 nitrogen and oxygen atoms in total. The number of H-pyrrole nitrogens is 1. The van der Waals surface area contributed by atoms with Crippen molar-refractivity contribution in [3.63, 3.8) is 0 Å². The second kappa shape index (κ2) is 7.49. The highest BCUT2D eigenvalue weighted by Crippen LogP contribution is 2.27. The summed E-state index contributed by atoms with van der Waals surface area (Å²) in [5.41, 5.74) is 1.69. The number of nitrogens with one attached hydrogen (secondary N) is 2. The van der Waals surface area contributed by atoms with Crippen LogP contribution in [0.1, 0.15) is 17.3 Å². The Balaban J connectivity index is 1.67. The Labute approximate surface area is 155 Å². The van der Waals surface area contributed by atoms with Gasteiger partial charge in [0.2, 0.25) is 0 Å². The zero-order valence-electron chi connectivity index (χ0n) is 14.2. The molecule has 7 heteroatoms. The summed E-state index contributed by atoms with van der Waals surface area (Å²) in [5, 5.41) is 3.77. The molecule has 1 atom stereocenters. The van der Waals surface area contributed by atoms with E-state index in [0.717, 1.165) is 10.9 Å². The Hall–Kier alpha value is -2.99. The zero-order valence-corrected chi connectivity index (χ0v) is 15.0. The van der Waals surface area contributed by atoms with Crippen LogP contribution in [0.15, 0.2) is 48.7 Å². The molecule has 0 unspecified atom stereocenters. The average molecular weight is 373 g/mol. The third kappa shape index (κ3) is 3.65. The number of para-hydroxylation sites is 1. The van der Waals surface area contributed by atoms with Gasteiger partial charge in [0.1, 0.15) is 5.75 Å². The van der Waals surface area contributed by atoms with E-state index < -0.39 is 18.0 Å². The van der Waals surface area contributed by atoms with E-state index in [1.54, 1.807) is 24.4 Å². The van der Waals surface area contributed by atoms with E-state index in [0.29, 0.717) is 22.0 Å². The van der Waals surface area contributed by atoms with E-state index in [4.69, 9.17) is 21.1 Å². The predicted octanol–water partition coefficient (Wildman–Crippen LogP) is 4.01. The minimum Gasteiger partial charge on any atom is -0.495 e. The number of hydrogen-bond acceptors (Lipinski definition) is 4. The fourth-order valence-corrected chi connectivity index (χ4v) is 2.76. The molecule has 0 radical (unpaired) electrons. The van der Waals surface area contributed by atoms with Crippen LogP contribution in [-0.4, -0.2) is 30.1 Å². The van der Waals surface area contributed by atoms with Crippen LogP contribution in [0.2, 0.25) is 5.02 Å². The van der Waals surface area contributed by atoms with Crippen molar-refractivity contribution < 1.29 is 19.1 Å². The maximum absolute atomic E-state index is 12.4. The first-order valence-electron chi connectivity index (χ1n) is 7.91. The Morgan fingerprint density at radius 2 is 1.96 bits per heavy atom. The highest BCUT2D eigenvalue weighted by Gasteiger charge is 2.21. The van der Waals surface area contributed by atoms with Gasteiger partial charge in [0.15, 0.2) is 6.10 Å². The smallest absolute Gasteiger partial charge is 0.341 e. The quantitative estimate of drug-likeness (QED) is 0.663. The molecule has 1 amide bonds. The molecule has 2 aromatic carbocycles. The van der Waals surface area contributed by atoms with Gasteiger partial charge in [-0.1, -0.05) is 29.8 Å². The number of methoxy groups -OCH3 is 1. The molecule has 134 valence electrons. The van der Waals surface area contributed by atoms with Crippen LogP contribution in [0.4, 0.5) is 5.69 Å². The summed E-state index contributed by atoms with van der Waals surface area (Å²) < 4.78 is 10.3. The van der Waals surface area contributed by atoms with Crippen molar-refractivity contribution in [1.29, 1.82) is 0 Å². The van der Waals surface area contributed by atoms with E-state index in [2.05, 4.69) is 10.3 Å². The van der Waals surface area contributed by atoms with Crippen LogP contribution < -0.4 is 10.1 Å². The van der Waals surface area contributed by atoms with Crippen molar-refractivity contribution in [3.8, 4) is 5.75 Å². The van der Waals surface area contributed by atoms with E-state index in [1.165, 1.54) is 14.0 Å². The van der Waals surface area contributed by atoms with Gasteiger partial charge < -0.3 is 19.8 Å². The maximum Gasteiger partial charge on any atom is 0.341 e. The molecule has 3 aromatic rings. The highest BCUT2D eigenvalue weighted by molar-refractivity contribution is 6.32. The molecule has 0 saturated heterocycles. The fourth-order valence-electron chi connectivity index (χ4n) is 2.51. The first-order chi connectivity index (χ1) is 12.5. The van der Waals surface area contributed by atoms with Gasteiger partial charge in [0.25, 0.3) is 5.91 Å². The van der Waals surface area contributed by atoms with Crippen LogP contribution >= 0.6 is 11.6 Å². The van der Waals surface area contributed by atoms with E-state index in [1.807, 2.05) is 24.3 Å². The van der Waals surface area contributed by atoms with Gasteiger partial charge in [-0.3, -0.25) is 4.79 Å². The monoisotopic (exact) mass is 372 g/mol. The SMILES string of the molecule is COc1ccc(NC(=O)[C@H](C)OC(=O)c2c[nH]c3ccccc23)cc1Cl. The number of rotatable bonds is 5. The van der Waals surface area contributed by atoms with Crippen LogP contribution in [0.25, 0.3) is 10.9 Å². The number of amides is 1. The van der Waals surface area contributed by atoms with Crippen LogP contribution in [0.3, 0.4) is 0 Å². The van der Waals surface area contributed by atoms with Crippen LogP contribution in [-0.2, 0) is 9.53 Å². The van der Waals surface area contributed by atoms with E-state index >= 15 is 0 Å². The summed E-state index contributed by atoms with van der Waals surface area (Å²) in [6.07, 6.45) is 0.595. The van der Waals surface area contributed by atoms with Gasteiger partial charge in [-0.2, -0.15) is 0 Å². The predicted molar refractivity (Wildman–Crippen MR) is 99.8 cm³/mol. The lowest BCUT2D eigenvalue weighted by molar-refractivity contribution is -0.123. The first kappa shape index (κ1) is 17.8. The zero-order chi connectivity index (χ0) is 18.7. The number of halogens is 1. The van der Waals surface area contributed by atoms with Gasteiger partial charge in [0.05, 0.1) is 17.7 Å². The van der Waals surface area contributed by atoms with Crippen molar-refractivity contribution in [2.45, 2.75) is 13.0 Å².